The van der Waals surface area contributed by atoms with Gasteiger partial charge in [0.1, 0.15) is 5.82 Å². The Hall–Kier alpha value is -0.980. The molecule has 2 rings (SSSR count). The molecular weight excluding hydrogens is 281 g/mol. The normalized spacial score (nSPS) is 15.8. The van der Waals surface area contributed by atoms with E-state index in [-0.39, 0.29) is 22.1 Å². The third kappa shape index (κ3) is 2.87. The van der Waals surface area contributed by atoms with Gasteiger partial charge < -0.3 is 5.11 Å². The van der Waals surface area contributed by atoms with Gasteiger partial charge in [0, 0.05) is 18.2 Å². The Morgan fingerprint density at radius 2 is 2.05 bits per heavy atom. The van der Waals surface area contributed by atoms with Crippen molar-refractivity contribution in [1.29, 1.82) is 0 Å². The van der Waals surface area contributed by atoms with Crippen LogP contribution in [0.5, 0.6) is 0 Å². The summed E-state index contributed by atoms with van der Waals surface area (Å²) in [5.74, 6) is -0.542. The molecule has 0 heterocycles. The standard InChI is InChI=1S/C14H20FNO3S/c1-3-6-16(12-4-5-12)20(18,19)13-7-10(2)14(15)11(8-13)9-17/h7-8,12,17H,3-6,9H2,1-2H3. The zero-order valence-electron chi connectivity index (χ0n) is 11.8. The van der Waals surface area contributed by atoms with Crippen molar-refractivity contribution in [1.82, 2.24) is 4.31 Å². The average molecular weight is 301 g/mol. The Kier molecular flexibility index (Phi) is 4.46. The lowest BCUT2D eigenvalue weighted by Gasteiger charge is -2.22. The molecule has 0 unspecified atom stereocenters. The second kappa shape index (κ2) is 5.79. The molecule has 0 saturated heterocycles. The minimum atomic E-state index is -3.62. The molecule has 112 valence electrons. The van der Waals surface area contributed by atoms with Crippen molar-refractivity contribution in [2.75, 3.05) is 6.54 Å². The Labute approximate surface area is 119 Å². The number of aryl methyl sites for hydroxylation is 1. The van der Waals surface area contributed by atoms with Crippen molar-refractivity contribution in [3.8, 4) is 0 Å². The number of halogens is 1. The number of sulfonamides is 1. The van der Waals surface area contributed by atoms with Gasteiger partial charge in [-0.05, 0) is 43.9 Å². The fourth-order valence-electron chi connectivity index (χ4n) is 2.29. The van der Waals surface area contributed by atoms with Gasteiger partial charge >= 0.3 is 0 Å². The Balaban J connectivity index is 2.45. The molecule has 1 fully saturated rings. The Morgan fingerprint density at radius 1 is 1.40 bits per heavy atom. The van der Waals surface area contributed by atoms with Crippen LogP contribution < -0.4 is 0 Å². The molecule has 1 saturated carbocycles. The van der Waals surface area contributed by atoms with E-state index in [1.54, 1.807) is 0 Å². The third-order valence-corrected chi connectivity index (χ3v) is 5.41. The Bertz CT molecular complexity index is 597. The zero-order valence-corrected chi connectivity index (χ0v) is 12.6. The Morgan fingerprint density at radius 3 is 2.55 bits per heavy atom. The quantitative estimate of drug-likeness (QED) is 0.876. The fourth-order valence-corrected chi connectivity index (χ4v) is 4.20. The number of benzene rings is 1. The van der Waals surface area contributed by atoms with E-state index in [4.69, 9.17) is 5.11 Å². The molecule has 4 nitrogen and oxygen atoms in total. The molecule has 20 heavy (non-hydrogen) atoms. The van der Waals surface area contributed by atoms with Crippen molar-refractivity contribution in [2.45, 2.75) is 50.7 Å². The van der Waals surface area contributed by atoms with Crippen molar-refractivity contribution in [2.24, 2.45) is 0 Å². The van der Waals surface area contributed by atoms with Crippen LogP contribution in [0, 0.1) is 12.7 Å². The van der Waals surface area contributed by atoms with E-state index in [0.29, 0.717) is 6.54 Å². The van der Waals surface area contributed by atoms with Gasteiger partial charge in [0.2, 0.25) is 10.0 Å². The van der Waals surface area contributed by atoms with Gasteiger partial charge in [-0.3, -0.25) is 0 Å². The second-order valence-corrected chi connectivity index (χ2v) is 7.11. The number of hydrogen-bond acceptors (Lipinski definition) is 3. The molecule has 0 bridgehead atoms. The predicted molar refractivity (Wildman–Crippen MR) is 74.3 cm³/mol. The first kappa shape index (κ1) is 15.4. The van der Waals surface area contributed by atoms with E-state index >= 15 is 0 Å². The summed E-state index contributed by atoms with van der Waals surface area (Å²) >= 11 is 0. The summed E-state index contributed by atoms with van der Waals surface area (Å²) in [6, 6.07) is 2.65. The van der Waals surface area contributed by atoms with Crippen LogP contribution in [0.1, 0.15) is 37.3 Å². The number of aliphatic hydroxyl groups excluding tert-OH is 1. The number of nitrogens with zero attached hydrogens (tertiary/aromatic N) is 1. The maximum absolute atomic E-state index is 13.7. The molecule has 0 atom stereocenters. The van der Waals surface area contributed by atoms with Crippen LogP contribution >= 0.6 is 0 Å². The minimum absolute atomic E-state index is 0.0239. The number of aliphatic hydroxyl groups is 1. The summed E-state index contributed by atoms with van der Waals surface area (Å²) < 4.78 is 40.5. The lowest BCUT2D eigenvalue weighted by atomic mass is 10.1. The monoisotopic (exact) mass is 301 g/mol. The summed E-state index contributed by atoms with van der Waals surface area (Å²) in [6.07, 6.45) is 2.50. The highest BCUT2D eigenvalue weighted by atomic mass is 32.2. The summed E-state index contributed by atoms with van der Waals surface area (Å²) in [5.41, 5.74) is 0.262. The van der Waals surface area contributed by atoms with Gasteiger partial charge in [-0.1, -0.05) is 6.92 Å². The molecular formula is C14H20FNO3S. The molecule has 1 aliphatic carbocycles. The highest BCUT2D eigenvalue weighted by Gasteiger charge is 2.37. The highest BCUT2D eigenvalue weighted by molar-refractivity contribution is 7.89. The van der Waals surface area contributed by atoms with E-state index in [2.05, 4.69) is 0 Å². The molecule has 1 aromatic carbocycles. The van der Waals surface area contributed by atoms with Gasteiger partial charge in [-0.15, -0.1) is 0 Å². The fraction of sp³-hybridized carbons (Fsp3) is 0.571. The topological polar surface area (TPSA) is 57.6 Å². The van der Waals surface area contributed by atoms with Gasteiger partial charge in [0.15, 0.2) is 0 Å². The van der Waals surface area contributed by atoms with Crippen LogP contribution in [-0.2, 0) is 16.6 Å². The minimum Gasteiger partial charge on any atom is -0.392 e. The van der Waals surface area contributed by atoms with Gasteiger partial charge in [0.05, 0.1) is 11.5 Å². The SMILES string of the molecule is CCCN(C1CC1)S(=O)(=O)c1cc(C)c(F)c(CO)c1. The van der Waals surface area contributed by atoms with E-state index in [1.807, 2.05) is 6.92 Å². The summed E-state index contributed by atoms with van der Waals surface area (Å²) in [5, 5.41) is 9.15. The number of hydrogen-bond donors (Lipinski definition) is 1. The molecule has 1 N–H and O–H groups in total. The van der Waals surface area contributed by atoms with Crippen LogP contribution in [0.2, 0.25) is 0 Å². The van der Waals surface area contributed by atoms with Crippen LogP contribution in [0.4, 0.5) is 4.39 Å². The molecule has 1 aliphatic rings. The molecule has 0 aromatic heterocycles. The average Bonchev–Trinajstić information content (AvgIpc) is 3.22. The van der Waals surface area contributed by atoms with Gasteiger partial charge in [-0.2, -0.15) is 4.31 Å². The van der Waals surface area contributed by atoms with E-state index < -0.39 is 22.4 Å². The number of rotatable bonds is 6. The summed E-state index contributed by atoms with van der Waals surface area (Å²) in [6.45, 7) is 3.40. The van der Waals surface area contributed by atoms with Crippen LogP contribution in [0.3, 0.4) is 0 Å². The summed E-state index contributed by atoms with van der Waals surface area (Å²) in [4.78, 5) is 0.0702. The van der Waals surface area contributed by atoms with E-state index in [1.165, 1.54) is 23.4 Å². The molecule has 6 heteroatoms. The molecule has 0 radical (unpaired) electrons. The maximum atomic E-state index is 13.7. The molecule has 0 spiro atoms. The van der Waals surface area contributed by atoms with Crippen molar-refractivity contribution < 1.29 is 17.9 Å². The maximum Gasteiger partial charge on any atom is 0.243 e. The van der Waals surface area contributed by atoms with E-state index in [9.17, 15) is 12.8 Å². The largest absolute Gasteiger partial charge is 0.392 e. The van der Waals surface area contributed by atoms with Gasteiger partial charge in [-0.25, -0.2) is 12.8 Å². The van der Waals surface area contributed by atoms with Crippen molar-refractivity contribution in [3.63, 3.8) is 0 Å². The summed E-state index contributed by atoms with van der Waals surface area (Å²) in [7, 11) is -3.62. The first-order valence-electron chi connectivity index (χ1n) is 6.83. The third-order valence-electron chi connectivity index (χ3n) is 3.48. The van der Waals surface area contributed by atoms with Crippen molar-refractivity contribution >= 4 is 10.0 Å². The first-order chi connectivity index (χ1) is 9.41. The molecule has 0 aliphatic heterocycles. The van der Waals surface area contributed by atoms with Gasteiger partial charge in [0.25, 0.3) is 0 Å². The zero-order chi connectivity index (χ0) is 14.9. The van der Waals surface area contributed by atoms with Crippen LogP contribution in [-0.4, -0.2) is 30.4 Å². The molecule has 1 aromatic rings. The lowest BCUT2D eigenvalue weighted by molar-refractivity contribution is 0.275. The highest BCUT2D eigenvalue weighted by Crippen LogP contribution is 2.33. The first-order valence-corrected chi connectivity index (χ1v) is 8.27. The second-order valence-electron chi connectivity index (χ2n) is 5.22. The predicted octanol–water partition coefficient (Wildman–Crippen LogP) is 2.19. The molecule has 0 amide bonds. The van der Waals surface area contributed by atoms with Crippen LogP contribution in [0.25, 0.3) is 0 Å². The smallest absolute Gasteiger partial charge is 0.243 e. The van der Waals surface area contributed by atoms with Crippen LogP contribution in [0.15, 0.2) is 17.0 Å². The van der Waals surface area contributed by atoms with E-state index in [0.717, 1.165) is 19.3 Å². The van der Waals surface area contributed by atoms with Crippen molar-refractivity contribution in [3.05, 3.63) is 29.1 Å². The lowest BCUT2D eigenvalue weighted by Crippen LogP contribution is -2.34.